The molecule has 3 N–H and O–H groups in total. The van der Waals surface area contributed by atoms with Gasteiger partial charge in [-0.3, -0.25) is 5.32 Å². The van der Waals surface area contributed by atoms with E-state index in [1.807, 2.05) is 49.7 Å². The summed E-state index contributed by atoms with van der Waals surface area (Å²) in [6.45, 7) is 5.59. The number of benzene rings is 2. The average Bonchev–Trinajstić information content (AvgIpc) is 3.20. The van der Waals surface area contributed by atoms with Crippen molar-refractivity contribution in [2.75, 3.05) is 23.7 Å². The average molecular weight is 519 g/mol. The van der Waals surface area contributed by atoms with Crippen LogP contribution in [0.3, 0.4) is 0 Å². The molecule has 4 aromatic rings. The highest BCUT2D eigenvalue weighted by Crippen LogP contribution is 2.30. The Bertz CT molecular complexity index is 1450. The third-order valence-corrected chi connectivity index (χ3v) is 6.48. The number of carbonyl (C=O) groups excluding carboxylic acids is 1. The van der Waals surface area contributed by atoms with Crippen LogP contribution in [-0.4, -0.2) is 39.8 Å². The minimum absolute atomic E-state index is 0.0703. The number of nitrogens with one attached hydrogen (secondary N) is 3. The molecule has 0 atom stereocenters. The van der Waals surface area contributed by atoms with Crippen molar-refractivity contribution in [3.05, 3.63) is 66.1 Å². The monoisotopic (exact) mass is 518 g/mol. The van der Waals surface area contributed by atoms with Crippen molar-refractivity contribution >= 4 is 34.6 Å². The van der Waals surface area contributed by atoms with Crippen LogP contribution < -0.4 is 20.7 Å². The van der Waals surface area contributed by atoms with Gasteiger partial charge in [-0.15, -0.1) is 0 Å². The molecule has 3 heterocycles. The number of imidazole rings is 1. The molecule has 198 valence electrons. The molecule has 0 unspecified atom stereocenters. The molecular weight excluding hydrogens is 487 g/mol. The van der Waals surface area contributed by atoms with Crippen LogP contribution >= 0.6 is 0 Å². The van der Waals surface area contributed by atoms with E-state index in [-0.39, 0.29) is 17.8 Å². The van der Waals surface area contributed by atoms with Gasteiger partial charge in [-0.05, 0) is 73.8 Å². The van der Waals surface area contributed by atoms with Crippen LogP contribution in [0, 0.1) is 5.82 Å². The Balaban J connectivity index is 1.28. The molecule has 5 rings (SSSR count). The van der Waals surface area contributed by atoms with Crippen LogP contribution in [-0.2, 0) is 11.8 Å². The first kappa shape index (κ1) is 25.5. The lowest BCUT2D eigenvalue weighted by atomic mass is 10.0. The topological polar surface area (TPSA) is 102 Å². The van der Waals surface area contributed by atoms with Crippen LogP contribution in [0.25, 0.3) is 11.0 Å². The Hall–Kier alpha value is -4.18. The molecule has 10 heteroatoms. The summed E-state index contributed by atoms with van der Waals surface area (Å²) in [6.07, 6.45) is 2.52. The summed E-state index contributed by atoms with van der Waals surface area (Å²) >= 11 is 0. The lowest BCUT2D eigenvalue weighted by Gasteiger charge is -2.22. The molecule has 2 aromatic heterocycles. The Morgan fingerprint density at radius 2 is 1.89 bits per heavy atom. The first-order valence-corrected chi connectivity index (χ1v) is 12.7. The molecule has 38 heavy (non-hydrogen) atoms. The van der Waals surface area contributed by atoms with Gasteiger partial charge >= 0.3 is 6.09 Å². The first-order chi connectivity index (χ1) is 18.4. The number of rotatable bonds is 7. The maximum Gasteiger partial charge on any atom is 0.413 e. The number of nitrogens with zero attached hydrogens (tertiary/aromatic N) is 3. The van der Waals surface area contributed by atoms with Crippen molar-refractivity contribution in [3.8, 4) is 11.5 Å². The van der Waals surface area contributed by atoms with Gasteiger partial charge in [0.25, 0.3) is 0 Å². The maximum absolute atomic E-state index is 14.1. The number of halogens is 1. The lowest BCUT2D eigenvalue weighted by molar-refractivity contribution is 0.0908. The predicted octanol–water partition coefficient (Wildman–Crippen LogP) is 6.07. The van der Waals surface area contributed by atoms with E-state index < -0.39 is 6.09 Å². The zero-order valence-electron chi connectivity index (χ0n) is 21.6. The van der Waals surface area contributed by atoms with E-state index in [9.17, 15) is 9.18 Å². The highest BCUT2D eigenvalue weighted by Gasteiger charge is 2.18. The fourth-order valence-electron chi connectivity index (χ4n) is 4.43. The second kappa shape index (κ2) is 11.1. The third kappa shape index (κ3) is 5.86. The molecule has 2 aromatic carbocycles. The fraction of sp³-hybridized carbons (Fsp3) is 0.321. The smallest absolute Gasteiger partial charge is 0.413 e. The standard InChI is InChI=1S/C28H31FN6O3/c1-17(2)22-14-18(4-6-23(22)29)32-27-33-24-15-20(5-7-25(24)35(27)3)37-21-10-13-31-26(16-21)34-28(36)38-19-8-11-30-12-9-19/h4-7,10,13-17,19,30H,8-9,11-12H2,1-3H3,(H,32,33)(H,31,34,36). The number of anilines is 3. The molecule has 1 aliphatic rings. The Labute approximate surface area is 220 Å². The normalized spacial score (nSPS) is 14.0. The van der Waals surface area contributed by atoms with Crippen molar-refractivity contribution in [3.63, 3.8) is 0 Å². The number of aromatic nitrogens is 3. The van der Waals surface area contributed by atoms with Gasteiger partial charge in [0, 0.05) is 31.1 Å². The molecule has 0 aliphatic carbocycles. The van der Waals surface area contributed by atoms with E-state index in [0.29, 0.717) is 28.8 Å². The summed E-state index contributed by atoms with van der Waals surface area (Å²) in [6, 6.07) is 13.9. The van der Waals surface area contributed by atoms with Gasteiger partial charge in [-0.1, -0.05) is 13.8 Å². The number of pyridine rings is 1. The van der Waals surface area contributed by atoms with E-state index in [0.717, 1.165) is 42.7 Å². The van der Waals surface area contributed by atoms with Crippen molar-refractivity contribution in [1.29, 1.82) is 0 Å². The van der Waals surface area contributed by atoms with E-state index in [2.05, 4.69) is 20.9 Å². The highest BCUT2D eigenvalue weighted by atomic mass is 19.1. The molecule has 0 bridgehead atoms. The quantitative estimate of drug-likeness (QED) is 0.273. The maximum atomic E-state index is 14.1. The number of ether oxygens (including phenoxy) is 2. The van der Waals surface area contributed by atoms with Crippen molar-refractivity contribution in [2.24, 2.45) is 7.05 Å². The summed E-state index contributed by atoms with van der Waals surface area (Å²) in [5.41, 5.74) is 3.05. The van der Waals surface area contributed by atoms with Gasteiger partial charge in [-0.2, -0.15) is 0 Å². The molecule has 1 saturated heterocycles. The number of hydrogen-bond acceptors (Lipinski definition) is 7. The summed E-state index contributed by atoms with van der Waals surface area (Å²) in [5, 5.41) is 9.20. The number of carbonyl (C=O) groups is 1. The lowest BCUT2D eigenvalue weighted by Crippen LogP contribution is -2.34. The van der Waals surface area contributed by atoms with Gasteiger partial charge in [0.15, 0.2) is 0 Å². The summed E-state index contributed by atoms with van der Waals surface area (Å²) in [5.74, 6) is 1.91. The molecule has 0 radical (unpaired) electrons. The second-order valence-corrected chi connectivity index (χ2v) is 9.62. The van der Waals surface area contributed by atoms with Crippen molar-refractivity contribution in [1.82, 2.24) is 19.9 Å². The van der Waals surface area contributed by atoms with Crippen LogP contribution in [0.15, 0.2) is 54.7 Å². The molecule has 0 spiro atoms. The van der Waals surface area contributed by atoms with Crippen LogP contribution in [0.2, 0.25) is 0 Å². The number of amides is 1. The fourth-order valence-corrected chi connectivity index (χ4v) is 4.43. The predicted molar refractivity (Wildman–Crippen MR) is 145 cm³/mol. The third-order valence-electron chi connectivity index (χ3n) is 6.48. The molecule has 9 nitrogen and oxygen atoms in total. The molecular formula is C28H31FN6O3. The Morgan fingerprint density at radius 1 is 1.11 bits per heavy atom. The zero-order chi connectivity index (χ0) is 26.6. The first-order valence-electron chi connectivity index (χ1n) is 12.7. The van der Waals surface area contributed by atoms with E-state index in [1.54, 1.807) is 24.4 Å². The Morgan fingerprint density at radius 3 is 2.68 bits per heavy atom. The van der Waals surface area contributed by atoms with Crippen molar-refractivity contribution < 1.29 is 18.7 Å². The number of aryl methyl sites for hydroxylation is 1. The van der Waals surface area contributed by atoms with Gasteiger partial charge in [-0.25, -0.2) is 19.2 Å². The SMILES string of the molecule is CC(C)c1cc(Nc2nc3cc(Oc4ccnc(NC(=O)OC5CCNCC5)c4)ccc3n2C)ccc1F. The number of fused-ring (bicyclic) bond motifs is 1. The largest absolute Gasteiger partial charge is 0.457 e. The Kier molecular flexibility index (Phi) is 7.41. The summed E-state index contributed by atoms with van der Waals surface area (Å²) in [7, 11) is 1.91. The minimum Gasteiger partial charge on any atom is -0.457 e. The van der Waals surface area contributed by atoms with Gasteiger partial charge in [0.2, 0.25) is 5.95 Å². The number of piperidine rings is 1. The summed E-state index contributed by atoms with van der Waals surface area (Å²) in [4.78, 5) is 21.2. The van der Waals surface area contributed by atoms with E-state index in [1.165, 1.54) is 6.07 Å². The molecule has 1 amide bonds. The minimum atomic E-state index is -0.529. The molecule has 1 aliphatic heterocycles. The molecule has 0 saturated carbocycles. The zero-order valence-corrected chi connectivity index (χ0v) is 21.6. The van der Waals surface area contributed by atoms with Crippen LogP contribution in [0.5, 0.6) is 11.5 Å². The molecule has 1 fully saturated rings. The second-order valence-electron chi connectivity index (χ2n) is 9.62. The van der Waals surface area contributed by atoms with Gasteiger partial charge in [0.05, 0.1) is 11.0 Å². The highest BCUT2D eigenvalue weighted by molar-refractivity contribution is 5.84. The van der Waals surface area contributed by atoms with E-state index in [4.69, 9.17) is 14.5 Å². The van der Waals surface area contributed by atoms with Gasteiger partial charge in [0.1, 0.15) is 29.2 Å². The van der Waals surface area contributed by atoms with Crippen LogP contribution in [0.4, 0.5) is 26.6 Å². The van der Waals surface area contributed by atoms with Gasteiger partial charge < -0.3 is 24.7 Å². The van der Waals surface area contributed by atoms with E-state index >= 15 is 0 Å². The summed E-state index contributed by atoms with van der Waals surface area (Å²) < 4.78 is 27.6. The van der Waals surface area contributed by atoms with Crippen LogP contribution in [0.1, 0.15) is 38.2 Å². The number of hydrogen-bond donors (Lipinski definition) is 3. The van der Waals surface area contributed by atoms with Crippen molar-refractivity contribution in [2.45, 2.75) is 38.7 Å².